The average molecular weight is 209 g/mol. The maximum atomic E-state index is 4.32. The number of rotatable bonds is 5. The van der Waals surface area contributed by atoms with Gasteiger partial charge in [-0.05, 0) is 18.4 Å². The van der Waals surface area contributed by atoms with Crippen LogP contribution in [0, 0.1) is 12.3 Å². The molecule has 0 aliphatic rings. The highest BCUT2D eigenvalue weighted by atomic mass is 15.3. The maximum absolute atomic E-state index is 4.32. The van der Waals surface area contributed by atoms with Crippen LogP contribution in [0.1, 0.15) is 33.4 Å². The van der Waals surface area contributed by atoms with Crippen LogP contribution < -0.4 is 5.32 Å². The number of aryl methyl sites for hydroxylation is 1. The molecule has 0 aromatic carbocycles. The van der Waals surface area contributed by atoms with Crippen LogP contribution in [-0.2, 0) is 6.54 Å². The lowest BCUT2D eigenvalue weighted by Gasteiger charge is -2.26. The highest BCUT2D eigenvalue weighted by molar-refractivity contribution is 4.97. The Labute approximate surface area is 92.9 Å². The van der Waals surface area contributed by atoms with Crippen molar-refractivity contribution in [1.82, 2.24) is 15.1 Å². The van der Waals surface area contributed by atoms with Gasteiger partial charge in [-0.25, -0.2) is 0 Å². The zero-order valence-corrected chi connectivity index (χ0v) is 10.5. The van der Waals surface area contributed by atoms with E-state index in [1.54, 1.807) is 0 Å². The van der Waals surface area contributed by atoms with Crippen LogP contribution in [0.5, 0.6) is 0 Å². The second kappa shape index (κ2) is 4.79. The summed E-state index contributed by atoms with van der Waals surface area (Å²) in [5.41, 5.74) is 1.47. The van der Waals surface area contributed by atoms with E-state index in [1.165, 1.54) is 5.69 Å². The number of nitrogens with one attached hydrogen (secondary N) is 1. The van der Waals surface area contributed by atoms with Gasteiger partial charge in [0.25, 0.3) is 0 Å². The fourth-order valence-electron chi connectivity index (χ4n) is 1.51. The lowest BCUT2D eigenvalue weighted by Crippen LogP contribution is -2.36. The van der Waals surface area contributed by atoms with Crippen LogP contribution in [0.2, 0.25) is 0 Å². The van der Waals surface area contributed by atoms with Crippen LogP contribution in [0.25, 0.3) is 0 Å². The predicted molar refractivity (Wildman–Crippen MR) is 63.9 cm³/mol. The third kappa shape index (κ3) is 4.04. The Bertz CT molecular complexity index is 300. The molecule has 1 aromatic heterocycles. The van der Waals surface area contributed by atoms with E-state index in [9.17, 15) is 0 Å². The van der Waals surface area contributed by atoms with Gasteiger partial charge in [-0.2, -0.15) is 5.10 Å². The van der Waals surface area contributed by atoms with E-state index in [0.29, 0.717) is 6.04 Å². The monoisotopic (exact) mass is 209 g/mol. The average Bonchev–Trinajstić information content (AvgIpc) is 2.48. The molecule has 0 unspecified atom stereocenters. The molecule has 1 N–H and O–H groups in total. The summed E-state index contributed by atoms with van der Waals surface area (Å²) in [5.74, 6) is 0. The summed E-state index contributed by atoms with van der Waals surface area (Å²) >= 11 is 0. The zero-order chi connectivity index (χ0) is 11.5. The maximum Gasteiger partial charge on any atom is 0.0492 e. The molecule has 3 heteroatoms. The zero-order valence-electron chi connectivity index (χ0n) is 10.5. The van der Waals surface area contributed by atoms with Crippen molar-refractivity contribution in [3.8, 4) is 0 Å². The van der Waals surface area contributed by atoms with Gasteiger partial charge in [0.1, 0.15) is 0 Å². The van der Waals surface area contributed by atoms with Crippen molar-refractivity contribution < 1.29 is 0 Å². The molecule has 0 saturated heterocycles. The van der Waals surface area contributed by atoms with Gasteiger partial charge in [0, 0.05) is 31.0 Å². The van der Waals surface area contributed by atoms with E-state index in [-0.39, 0.29) is 5.41 Å². The Morgan fingerprint density at radius 2 is 2.13 bits per heavy atom. The van der Waals surface area contributed by atoms with Crippen molar-refractivity contribution >= 4 is 0 Å². The van der Waals surface area contributed by atoms with Gasteiger partial charge in [0.2, 0.25) is 0 Å². The third-order valence-corrected chi connectivity index (χ3v) is 2.50. The first kappa shape index (κ1) is 12.2. The van der Waals surface area contributed by atoms with E-state index in [2.05, 4.69) is 49.7 Å². The van der Waals surface area contributed by atoms with Gasteiger partial charge in [-0.3, -0.25) is 4.68 Å². The fraction of sp³-hybridized carbons (Fsp3) is 0.750. The standard InChI is InChI=1S/C12H23N3/c1-10(2)13-8-12(4,5)9-15-11(3)6-7-14-15/h6-7,10,13H,8-9H2,1-5H3. The van der Waals surface area contributed by atoms with Gasteiger partial charge in [-0.15, -0.1) is 0 Å². The Morgan fingerprint density at radius 1 is 1.47 bits per heavy atom. The Kier molecular flexibility index (Phi) is 3.91. The number of hydrogen-bond donors (Lipinski definition) is 1. The molecule has 0 aliphatic carbocycles. The van der Waals surface area contributed by atoms with E-state index in [1.807, 2.05) is 12.3 Å². The molecule has 86 valence electrons. The van der Waals surface area contributed by atoms with Crippen LogP contribution in [-0.4, -0.2) is 22.4 Å². The Hall–Kier alpha value is -0.830. The topological polar surface area (TPSA) is 29.9 Å². The van der Waals surface area contributed by atoms with Crippen molar-refractivity contribution in [2.45, 2.75) is 47.2 Å². The lowest BCUT2D eigenvalue weighted by molar-refractivity contribution is 0.266. The third-order valence-electron chi connectivity index (χ3n) is 2.50. The molecule has 0 saturated carbocycles. The smallest absolute Gasteiger partial charge is 0.0492 e. The molecule has 1 aromatic rings. The molecular weight excluding hydrogens is 186 g/mol. The second-order valence-electron chi connectivity index (χ2n) is 5.33. The van der Waals surface area contributed by atoms with Crippen molar-refractivity contribution in [2.24, 2.45) is 5.41 Å². The first-order chi connectivity index (χ1) is 6.91. The first-order valence-corrected chi connectivity index (χ1v) is 5.62. The molecule has 0 spiro atoms. The summed E-state index contributed by atoms with van der Waals surface area (Å²) in [4.78, 5) is 0. The van der Waals surface area contributed by atoms with Crippen LogP contribution >= 0.6 is 0 Å². The van der Waals surface area contributed by atoms with Crippen LogP contribution in [0.15, 0.2) is 12.3 Å². The summed E-state index contributed by atoms with van der Waals surface area (Å²) in [7, 11) is 0. The van der Waals surface area contributed by atoms with Crippen molar-refractivity contribution in [3.63, 3.8) is 0 Å². The number of nitrogens with zero attached hydrogens (tertiary/aromatic N) is 2. The molecule has 15 heavy (non-hydrogen) atoms. The molecule has 0 fully saturated rings. The molecule has 0 bridgehead atoms. The van der Waals surface area contributed by atoms with E-state index >= 15 is 0 Å². The molecule has 0 radical (unpaired) electrons. The summed E-state index contributed by atoms with van der Waals surface area (Å²) in [5, 5.41) is 7.79. The lowest BCUT2D eigenvalue weighted by atomic mass is 9.93. The van der Waals surface area contributed by atoms with Crippen LogP contribution in [0.3, 0.4) is 0 Å². The van der Waals surface area contributed by atoms with Gasteiger partial charge >= 0.3 is 0 Å². The van der Waals surface area contributed by atoms with Gasteiger partial charge in [-0.1, -0.05) is 27.7 Å². The summed E-state index contributed by atoms with van der Waals surface area (Å²) in [6.07, 6.45) is 1.86. The molecule has 0 atom stereocenters. The Balaban J connectivity index is 2.52. The molecule has 1 heterocycles. The first-order valence-electron chi connectivity index (χ1n) is 5.62. The van der Waals surface area contributed by atoms with Gasteiger partial charge < -0.3 is 5.32 Å². The van der Waals surface area contributed by atoms with E-state index < -0.39 is 0 Å². The highest BCUT2D eigenvalue weighted by Gasteiger charge is 2.19. The predicted octanol–water partition coefficient (Wildman–Crippen LogP) is 2.22. The number of hydrogen-bond acceptors (Lipinski definition) is 2. The highest BCUT2D eigenvalue weighted by Crippen LogP contribution is 2.17. The van der Waals surface area contributed by atoms with Crippen molar-refractivity contribution in [1.29, 1.82) is 0 Å². The molecule has 0 aliphatic heterocycles. The van der Waals surface area contributed by atoms with E-state index in [0.717, 1.165) is 13.1 Å². The normalized spacial score (nSPS) is 12.4. The minimum absolute atomic E-state index is 0.237. The number of aromatic nitrogens is 2. The summed E-state index contributed by atoms with van der Waals surface area (Å²) in [6.45, 7) is 13.0. The Morgan fingerprint density at radius 3 is 2.60 bits per heavy atom. The molecule has 1 rings (SSSR count). The molecule has 0 amide bonds. The second-order valence-corrected chi connectivity index (χ2v) is 5.33. The minimum Gasteiger partial charge on any atom is -0.314 e. The summed E-state index contributed by atoms with van der Waals surface area (Å²) < 4.78 is 2.07. The van der Waals surface area contributed by atoms with Crippen molar-refractivity contribution in [2.75, 3.05) is 6.54 Å². The quantitative estimate of drug-likeness (QED) is 0.806. The van der Waals surface area contributed by atoms with Crippen LogP contribution in [0.4, 0.5) is 0 Å². The fourth-order valence-corrected chi connectivity index (χ4v) is 1.51. The van der Waals surface area contributed by atoms with Gasteiger partial charge in [0.05, 0.1) is 0 Å². The minimum atomic E-state index is 0.237. The molecular formula is C12H23N3. The van der Waals surface area contributed by atoms with Crippen molar-refractivity contribution in [3.05, 3.63) is 18.0 Å². The SMILES string of the molecule is Cc1ccnn1CC(C)(C)CNC(C)C. The van der Waals surface area contributed by atoms with E-state index in [4.69, 9.17) is 0 Å². The largest absolute Gasteiger partial charge is 0.314 e. The summed E-state index contributed by atoms with van der Waals surface area (Å²) in [6, 6.07) is 2.59. The molecule has 3 nitrogen and oxygen atoms in total. The van der Waals surface area contributed by atoms with Gasteiger partial charge in [0.15, 0.2) is 0 Å².